The van der Waals surface area contributed by atoms with Gasteiger partial charge in [-0.15, -0.1) is 0 Å². The van der Waals surface area contributed by atoms with Crippen molar-refractivity contribution in [1.29, 1.82) is 0 Å². The highest BCUT2D eigenvalue weighted by molar-refractivity contribution is 6.30. The normalized spacial score (nSPS) is 21.2. The van der Waals surface area contributed by atoms with Crippen molar-refractivity contribution in [3.05, 3.63) is 64.2 Å². The van der Waals surface area contributed by atoms with Gasteiger partial charge in [-0.25, -0.2) is 8.78 Å². The van der Waals surface area contributed by atoms with Crippen molar-refractivity contribution in [2.75, 3.05) is 0 Å². The first-order valence-electron chi connectivity index (χ1n) is 6.21. The highest BCUT2D eigenvalue weighted by Gasteiger charge is 2.29. The molecule has 0 saturated carbocycles. The van der Waals surface area contributed by atoms with Gasteiger partial charge in [0, 0.05) is 28.6 Å². The van der Waals surface area contributed by atoms with E-state index in [1.807, 2.05) is 0 Å². The van der Waals surface area contributed by atoms with E-state index >= 15 is 0 Å². The van der Waals surface area contributed by atoms with E-state index in [9.17, 15) is 8.78 Å². The molecule has 1 aliphatic heterocycles. The largest absolute Gasteiger partial charge is 0.485 e. The molecule has 3 rings (SSSR count). The number of hydrogen-bond acceptors (Lipinski definition) is 2. The first-order chi connectivity index (χ1) is 9.54. The summed E-state index contributed by atoms with van der Waals surface area (Å²) in [4.78, 5) is 0. The maximum absolute atomic E-state index is 13.8. The fourth-order valence-electron chi connectivity index (χ4n) is 2.43. The minimum absolute atomic E-state index is 0.182. The Morgan fingerprint density at radius 2 is 1.90 bits per heavy atom. The van der Waals surface area contributed by atoms with E-state index in [4.69, 9.17) is 22.1 Å². The van der Waals surface area contributed by atoms with Gasteiger partial charge in [0.1, 0.15) is 23.5 Å². The molecule has 0 aromatic heterocycles. The SMILES string of the molecule is N[C@@H]1CC(c2cc(F)ccc2F)Oc2ccc(Cl)cc21. The molecular weight excluding hydrogens is 284 g/mol. The quantitative estimate of drug-likeness (QED) is 0.858. The maximum atomic E-state index is 13.8. The van der Waals surface area contributed by atoms with Gasteiger partial charge in [-0.05, 0) is 36.4 Å². The van der Waals surface area contributed by atoms with Gasteiger partial charge in [-0.3, -0.25) is 0 Å². The zero-order valence-electron chi connectivity index (χ0n) is 10.4. The zero-order chi connectivity index (χ0) is 14.3. The smallest absolute Gasteiger partial charge is 0.130 e. The van der Waals surface area contributed by atoms with Crippen molar-refractivity contribution in [2.45, 2.75) is 18.6 Å². The molecule has 0 fully saturated rings. The molecule has 1 unspecified atom stereocenters. The van der Waals surface area contributed by atoms with Crippen LogP contribution in [-0.4, -0.2) is 0 Å². The Labute approximate surface area is 120 Å². The lowest BCUT2D eigenvalue weighted by atomic mass is 9.93. The summed E-state index contributed by atoms with van der Waals surface area (Å²) in [7, 11) is 0. The van der Waals surface area contributed by atoms with Gasteiger partial charge in [-0.2, -0.15) is 0 Å². The standard InChI is InChI=1S/C15H12ClF2NO/c16-8-1-4-14-11(5-8)13(19)7-15(20-14)10-6-9(17)2-3-12(10)18/h1-6,13,15H,7,19H2/t13-,15?/m1/s1. The third-order valence-electron chi connectivity index (χ3n) is 3.41. The van der Waals surface area contributed by atoms with Gasteiger partial charge in [0.25, 0.3) is 0 Å². The molecule has 1 aliphatic rings. The Kier molecular flexibility index (Phi) is 3.36. The van der Waals surface area contributed by atoms with Crippen LogP contribution in [0.25, 0.3) is 0 Å². The van der Waals surface area contributed by atoms with E-state index in [0.29, 0.717) is 17.2 Å². The topological polar surface area (TPSA) is 35.2 Å². The second kappa shape index (κ2) is 5.04. The minimum Gasteiger partial charge on any atom is -0.485 e. The highest BCUT2D eigenvalue weighted by atomic mass is 35.5. The monoisotopic (exact) mass is 295 g/mol. The first kappa shape index (κ1) is 13.3. The molecule has 2 aromatic carbocycles. The molecule has 0 aliphatic carbocycles. The Morgan fingerprint density at radius 1 is 1.10 bits per heavy atom. The predicted molar refractivity (Wildman–Crippen MR) is 72.7 cm³/mol. The lowest BCUT2D eigenvalue weighted by Gasteiger charge is -2.30. The number of ether oxygens (including phenoxy) is 1. The van der Waals surface area contributed by atoms with Crippen LogP contribution in [0.1, 0.15) is 29.7 Å². The van der Waals surface area contributed by atoms with Crippen molar-refractivity contribution in [3.8, 4) is 5.75 Å². The fraction of sp³-hybridized carbons (Fsp3) is 0.200. The molecule has 2 atom stereocenters. The lowest BCUT2D eigenvalue weighted by molar-refractivity contribution is 0.157. The van der Waals surface area contributed by atoms with Gasteiger partial charge < -0.3 is 10.5 Å². The first-order valence-corrected chi connectivity index (χ1v) is 6.59. The van der Waals surface area contributed by atoms with E-state index in [-0.39, 0.29) is 11.6 Å². The van der Waals surface area contributed by atoms with Crippen LogP contribution < -0.4 is 10.5 Å². The van der Waals surface area contributed by atoms with Crippen molar-refractivity contribution >= 4 is 11.6 Å². The van der Waals surface area contributed by atoms with Crippen LogP contribution >= 0.6 is 11.6 Å². The molecule has 0 saturated heterocycles. The number of fused-ring (bicyclic) bond motifs is 1. The van der Waals surface area contributed by atoms with Crippen LogP contribution in [0.15, 0.2) is 36.4 Å². The van der Waals surface area contributed by atoms with E-state index in [0.717, 1.165) is 23.8 Å². The van der Waals surface area contributed by atoms with Crippen LogP contribution in [0.4, 0.5) is 8.78 Å². The Hall–Kier alpha value is -1.65. The number of benzene rings is 2. The molecule has 2 N–H and O–H groups in total. The van der Waals surface area contributed by atoms with Crippen molar-refractivity contribution in [2.24, 2.45) is 5.73 Å². The maximum Gasteiger partial charge on any atom is 0.130 e. The number of hydrogen-bond donors (Lipinski definition) is 1. The second-order valence-electron chi connectivity index (χ2n) is 4.80. The van der Waals surface area contributed by atoms with E-state index in [1.165, 1.54) is 0 Å². The Morgan fingerprint density at radius 3 is 2.70 bits per heavy atom. The van der Waals surface area contributed by atoms with Gasteiger partial charge in [0.05, 0.1) is 0 Å². The zero-order valence-corrected chi connectivity index (χ0v) is 11.2. The summed E-state index contributed by atoms with van der Waals surface area (Å²) in [6.45, 7) is 0. The average Bonchev–Trinajstić information content (AvgIpc) is 2.42. The molecule has 2 aromatic rings. The molecule has 5 heteroatoms. The molecular formula is C15H12ClF2NO. The molecule has 1 heterocycles. The summed E-state index contributed by atoms with van der Waals surface area (Å²) in [5.74, 6) is -0.441. The van der Waals surface area contributed by atoms with Crippen LogP contribution in [0, 0.1) is 11.6 Å². The van der Waals surface area contributed by atoms with Crippen LogP contribution in [-0.2, 0) is 0 Å². The number of halogens is 3. The predicted octanol–water partition coefficient (Wildman–Crippen LogP) is 4.14. The summed E-state index contributed by atoms with van der Waals surface area (Å²) < 4.78 is 32.8. The van der Waals surface area contributed by atoms with Crippen molar-refractivity contribution < 1.29 is 13.5 Å². The van der Waals surface area contributed by atoms with E-state index < -0.39 is 17.7 Å². The fourth-order valence-corrected chi connectivity index (χ4v) is 2.61. The number of nitrogens with two attached hydrogens (primary N) is 1. The molecule has 2 nitrogen and oxygen atoms in total. The summed E-state index contributed by atoms with van der Waals surface area (Å²) in [6, 6.07) is 8.10. The Bertz CT molecular complexity index is 662. The molecule has 0 bridgehead atoms. The van der Waals surface area contributed by atoms with Gasteiger partial charge in [0.15, 0.2) is 0 Å². The molecule has 0 amide bonds. The molecule has 104 valence electrons. The molecule has 0 spiro atoms. The van der Waals surface area contributed by atoms with Gasteiger partial charge >= 0.3 is 0 Å². The van der Waals surface area contributed by atoms with Crippen LogP contribution in [0.5, 0.6) is 5.75 Å². The highest BCUT2D eigenvalue weighted by Crippen LogP contribution is 2.41. The summed E-state index contributed by atoms with van der Waals surface area (Å²) >= 11 is 5.92. The van der Waals surface area contributed by atoms with Crippen LogP contribution in [0.3, 0.4) is 0 Å². The van der Waals surface area contributed by atoms with Crippen LogP contribution in [0.2, 0.25) is 5.02 Å². The number of rotatable bonds is 1. The second-order valence-corrected chi connectivity index (χ2v) is 5.23. The molecule has 0 radical (unpaired) electrons. The van der Waals surface area contributed by atoms with Gasteiger partial charge in [-0.1, -0.05) is 11.6 Å². The summed E-state index contributed by atoms with van der Waals surface area (Å²) in [5, 5.41) is 0.568. The van der Waals surface area contributed by atoms with E-state index in [2.05, 4.69) is 0 Å². The lowest BCUT2D eigenvalue weighted by Crippen LogP contribution is -2.24. The van der Waals surface area contributed by atoms with Crippen molar-refractivity contribution in [1.82, 2.24) is 0 Å². The minimum atomic E-state index is -0.602. The summed E-state index contributed by atoms with van der Waals surface area (Å²) in [6.07, 6.45) is -0.234. The third kappa shape index (κ3) is 2.37. The van der Waals surface area contributed by atoms with Gasteiger partial charge in [0.2, 0.25) is 0 Å². The molecule has 20 heavy (non-hydrogen) atoms. The van der Waals surface area contributed by atoms with Crippen molar-refractivity contribution in [3.63, 3.8) is 0 Å². The van der Waals surface area contributed by atoms with E-state index in [1.54, 1.807) is 18.2 Å². The third-order valence-corrected chi connectivity index (χ3v) is 3.65. The Balaban J connectivity index is 1.99. The average molecular weight is 296 g/mol. The summed E-state index contributed by atoms with van der Waals surface area (Å²) in [5.41, 5.74) is 7.04.